The summed E-state index contributed by atoms with van der Waals surface area (Å²) in [5.74, 6) is -0.331. The third kappa shape index (κ3) is 4.16. The van der Waals surface area contributed by atoms with E-state index in [1.165, 1.54) is 4.57 Å². The highest BCUT2D eigenvalue weighted by atomic mass is 16.2. The first-order chi connectivity index (χ1) is 14.9. The lowest BCUT2D eigenvalue weighted by atomic mass is 10.1. The van der Waals surface area contributed by atoms with Crippen molar-refractivity contribution in [3.05, 3.63) is 105 Å². The first-order valence-corrected chi connectivity index (χ1v) is 9.93. The molecule has 7 heteroatoms. The van der Waals surface area contributed by atoms with Gasteiger partial charge in [-0.3, -0.25) is 19.1 Å². The van der Waals surface area contributed by atoms with Crippen LogP contribution in [-0.2, 0) is 17.9 Å². The molecule has 4 aromatic rings. The predicted molar refractivity (Wildman–Crippen MR) is 119 cm³/mol. The van der Waals surface area contributed by atoms with E-state index in [-0.39, 0.29) is 12.5 Å². The average molecular weight is 414 g/mol. The summed E-state index contributed by atoms with van der Waals surface area (Å²) in [5, 5.41) is 3.20. The van der Waals surface area contributed by atoms with Gasteiger partial charge in [-0.2, -0.15) is 0 Å². The second-order valence-electron chi connectivity index (χ2n) is 7.51. The highest BCUT2D eigenvalue weighted by Crippen LogP contribution is 2.13. The molecule has 0 unspecified atom stereocenters. The Morgan fingerprint density at radius 3 is 2.55 bits per heavy atom. The minimum atomic E-state index is -0.552. The van der Waals surface area contributed by atoms with E-state index in [1.807, 2.05) is 32.0 Å². The van der Waals surface area contributed by atoms with E-state index < -0.39 is 11.2 Å². The molecular weight excluding hydrogens is 392 g/mol. The van der Waals surface area contributed by atoms with Crippen molar-refractivity contribution in [2.45, 2.75) is 26.9 Å². The summed E-state index contributed by atoms with van der Waals surface area (Å²) in [7, 11) is 0. The molecule has 0 saturated carbocycles. The average Bonchev–Trinajstić information content (AvgIpc) is 2.76. The number of amides is 1. The Hall–Kier alpha value is -4.00. The van der Waals surface area contributed by atoms with Crippen LogP contribution in [-0.4, -0.2) is 20.0 Å². The molecule has 4 rings (SSSR count). The summed E-state index contributed by atoms with van der Waals surface area (Å²) in [5.41, 5.74) is 2.63. The lowest BCUT2D eigenvalue weighted by Crippen LogP contribution is -2.41. The lowest BCUT2D eigenvalue weighted by molar-refractivity contribution is -0.121. The zero-order valence-corrected chi connectivity index (χ0v) is 17.3. The third-order valence-corrected chi connectivity index (χ3v) is 5.07. The Labute approximate surface area is 178 Å². The first-order valence-electron chi connectivity index (χ1n) is 9.93. The van der Waals surface area contributed by atoms with Crippen molar-refractivity contribution in [3.63, 3.8) is 0 Å². The van der Waals surface area contributed by atoms with Gasteiger partial charge in [0.25, 0.3) is 5.56 Å². The van der Waals surface area contributed by atoms with E-state index in [2.05, 4.69) is 10.3 Å². The van der Waals surface area contributed by atoms with Crippen molar-refractivity contribution in [2.75, 3.05) is 0 Å². The van der Waals surface area contributed by atoms with Crippen molar-refractivity contribution in [3.8, 4) is 5.69 Å². The largest absolute Gasteiger partial charge is 0.350 e. The number of carbonyl (C=O) groups excluding carboxylic acids is 1. The summed E-state index contributed by atoms with van der Waals surface area (Å²) < 4.78 is 2.47. The van der Waals surface area contributed by atoms with E-state index in [1.54, 1.807) is 48.8 Å². The Kier molecular flexibility index (Phi) is 5.49. The van der Waals surface area contributed by atoms with Crippen molar-refractivity contribution in [1.29, 1.82) is 0 Å². The molecule has 0 atom stereocenters. The minimum Gasteiger partial charge on any atom is -0.350 e. The second-order valence-corrected chi connectivity index (χ2v) is 7.51. The van der Waals surface area contributed by atoms with Crippen LogP contribution in [0.15, 0.2) is 76.6 Å². The van der Waals surface area contributed by atoms with Gasteiger partial charge in [-0.1, -0.05) is 29.8 Å². The first kappa shape index (κ1) is 20.3. The van der Waals surface area contributed by atoms with Crippen LogP contribution in [0.3, 0.4) is 0 Å². The number of fused-ring (bicyclic) bond motifs is 1. The SMILES string of the molecule is Cc1cccc(-n2c(=O)c3cc(C)ccc3n(CC(=O)NCc3cccnc3)c2=O)c1. The molecule has 0 radical (unpaired) electrons. The monoisotopic (exact) mass is 414 g/mol. The highest BCUT2D eigenvalue weighted by Gasteiger charge is 2.17. The summed E-state index contributed by atoms with van der Waals surface area (Å²) in [4.78, 5) is 43.2. The number of aryl methyl sites for hydroxylation is 2. The van der Waals surface area contributed by atoms with Gasteiger partial charge in [-0.25, -0.2) is 9.36 Å². The van der Waals surface area contributed by atoms with E-state index in [0.717, 1.165) is 21.3 Å². The quantitative estimate of drug-likeness (QED) is 0.544. The van der Waals surface area contributed by atoms with E-state index in [9.17, 15) is 14.4 Å². The fourth-order valence-corrected chi connectivity index (χ4v) is 3.54. The molecule has 0 spiro atoms. The molecule has 0 aliphatic heterocycles. The number of benzene rings is 2. The van der Waals surface area contributed by atoms with Gasteiger partial charge in [0.15, 0.2) is 0 Å². The lowest BCUT2D eigenvalue weighted by Gasteiger charge is -2.15. The van der Waals surface area contributed by atoms with Gasteiger partial charge in [0.1, 0.15) is 6.54 Å². The standard InChI is InChI=1S/C24H22N4O3/c1-16-5-3-7-19(11-16)28-23(30)20-12-17(2)8-9-21(20)27(24(28)31)15-22(29)26-14-18-6-4-10-25-13-18/h3-13H,14-15H2,1-2H3,(H,26,29). The summed E-state index contributed by atoms with van der Waals surface area (Å²) >= 11 is 0. The van der Waals surface area contributed by atoms with Crippen LogP contribution in [0.5, 0.6) is 0 Å². The predicted octanol–water partition coefficient (Wildman–Crippen LogP) is 2.48. The van der Waals surface area contributed by atoms with Gasteiger partial charge in [0.05, 0.1) is 16.6 Å². The second kappa shape index (κ2) is 8.39. The molecule has 2 aromatic carbocycles. The number of nitrogens with zero attached hydrogens (tertiary/aromatic N) is 3. The topological polar surface area (TPSA) is 86.0 Å². The van der Waals surface area contributed by atoms with Gasteiger partial charge in [-0.05, 0) is 55.3 Å². The molecule has 0 aliphatic rings. The van der Waals surface area contributed by atoms with Gasteiger partial charge in [0.2, 0.25) is 5.91 Å². The summed E-state index contributed by atoms with van der Waals surface area (Å²) in [6.45, 7) is 3.87. The molecule has 0 fully saturated rings. The van der Waals surface area contributed by atoms with Crippen LogP contribution >= 0.6 is 0 Å². The van der Waals surface area contributed by atoms with Crippen LogP contribution in [0.2, 0.25) is 0 Å². The molecule has 0 bridgehead atoms. The maximum atomic E-state index is 13.3. The Morgan fingerprint density at radius 2 is 1.81 bits per heavy atom. The van der Waals surface area contributed by atoms with Gasteiger partial charge >= 0.3 is 5.69 Å². The molecule has 31 heavy (non-hydrogen) atoms. The smallest absolute Gasteiger partial charge is 0.336 e. The molecule has 2 aromatic heterocycles. The molecule has 1 N–H and O–H groups in total. The maximum absolute atomic E-state index is 13.3. The normalized spacial score (nSPS) is 10.9. The Balaban J connectivity index is 1.79. The Bertz CT molecular complexity index is 1390. The molecule has 2 heterocycles. The van der Waals surface area contributed by atoms with Crippen molar-refractivity contribution in [2.24, 2.45) is 0 Å². The van der Waals surface area contributed by atoms with Crippen molar-refractivity contribution >= 4 is 16.8 Å². The number of aromatic nitrogens is 3. The fraction of sp³-hybridized carbons (Fsp3) is 0.167. The van der Waals surface area contributed by atoms with Gasteiger partial charge in [-0.15, -0.1) is 0 Å². The third-order valence-electron chi connectivity index (χ3n) is 5.07. The molecule has 156 valence electrons. The number of nitrogens with one attached hydrogen (secondary N) is 1. The molecule has 0 saturated heterocycles. The summed E-state index contributed by atoms with van der Waals surface area (Å²) in [6.07, 6.45) is 3.33. The summed E-state index contributed by atoms with van der Waals surface area (Å²) in [6, 6.07) is 16.1. The number of carbonyl (C=O) groups is 1. The van der Waals surface area contributed by atoms with Gasteiger partial charge in [0, 0.05) is 18.9 Å². The molecule has 7 nitrogen and oxygen atoms in total. The zero-order chi connectivity index (χ0) is 22.0. The van der Waals surface area contributed by atoms with E-state index in [4.69, 9.17) is 0 Å². The van der Waals surface area contributed by atoms with Crippen LogP contribution < -0.4 is 16.6 Å². The van der Waals surface area contributed by atoms with Gasteiger partial charge < -0.3 is 5.32 Å². The molecular formula is C24H22N4O3. The van der Waals surface area contributed by atoms with Crippen LogP contribution in [0.1, 0.15) is 16.7 Å². The fourth-order valence-electron chi connectivity index (χ4n) is 3.54. The maximum Gasteiger partial charge on any atom is 0.336 e. The number of hydrogen-bond acceptors (Lipinski definition) is 4. The number of rotatable bonds is 5. The number of hydrogen-bond donors (Lipinski definition) is 1. The van der Waals surface area contributed by atoms with Crippen molar-refractivity contribution < 1.29 is 4.79 Å². The van der Waals surface area contributed by atoms with E-state index in [0.29, 0.717) is 23.1 Å². The van der Waals surface area contributed by atoms with Crippen molar-refractivity contribution in [1.82, 2.24) is 19.4 Å². The van der Waals surface area contributed by atoms with Crippen LogP contribution in [0.25, 0.3) is 16.6 Å². The molecule has 0 aliphatic carbocycles. The van der Waals surface area contributed by atoms with E-state index >= 15 is 0 Å². The van der Waals surface area contributed by atoms with Crippen LogP contribution in [0.4, 0.5) is 0 Å². The molecule has 1 amide bonds. The minimum absolute atomic E-state index is 0.204. The number of pyridine rings is 1. The Morgan fingerprint density at radius 1 is 1.00 bits per heavy atom. The zero-order valence-electron chi connectivity index (χ0n) is 17.3. The highest BCUT2D eigenvalue weighted by molar-refractivity contribution is 5.82. The van der Waals surface area contributed by atoms with Crippen LogP contribution in [0, 0.1) is 13.8 Å².